The highest BCUT2D eigenvalue weighted by atomic mass is 32.2. The second kappa shape index (κ2) is 7.45. The van der Waals surface area contributed by atoms with Crippen LogP contribution in [0, 0.1) is 5.95 Å². The minimum absolute atomic E-state index is 0.301. The fourth-order valence-corrected chi connectivity index (χ4v) is 4.40. The summed E-state index contributed by atoms with van der Waals surface area (Å²) in [5.41, 5.74) is 1.15. The van der Waals surface area contributed by atoms with E-state index in [1.54, 1.807) is 24.5 Å². The lowest BCUT2D eigenvalue weighted by Gasteiger charge is -2.02. The van der Waals surface area contributed by atoms with Gasteiger partial charge in [-0.1, -0.05) is 0 Å². The molecule has 3 N–H and O–H groups in total. The van der Waals surface area contributed by atoms with Crippen LogP contribution in [0.2, 0.25) is 0 Å². The Morgan fingerprint density at radius 1 is 1.38 bits per heavy atom. The molecule has 3 aromatic heterocycles. The number of thiophene rings is 1. The molecule has 3 aromatic rings. The fourth-order valence-electron chi connectivity index (χ4n) is 2.08. The van der Waals surface area contributed by atoms with Gasteiger partial charge in [0.1, 0.15) is 0 Å². The Labute approximate surface area is 145 Å². The van der Waals surface area contributed by atoms with E-state index in [-0.39, 0.29) is 0 Å². The van der Waals surface area contributed by atoms with Crippen LogP contribution in [-0.2, 0) is 6.42 Å². The average molecular weight is 364 g/mol. The monoisotopic (exact) mass is 364 g/mol. The molecule has 9 heteroatoms. The Bertz CT molecular complexity index is 836. The van der Waals surface area contributed by atoms with Crippen LogP contribution >= 0.6 is 23.1 Å². The Hall–Kier alpha value is -2.39. The molecule has 0 aliphatic carbocycles. The van der Waals surface area contributed by atoms with Crippen molar-refractivity contribution in [3.63, 3.8) is 0 Å². The maximum Gasteiger partial charge on any atom is 0.404 e. The summed E-state index contributed by atoms with van der Waals surface area (Å²) in [4.78, 5) is 22.4. The maximum atomic E-state index is 14.1. The van der Waals surface area contributed by atoms with Gasteiger partial charge in [-0.05, 0) is 36.4 Å². The number of imidazole rings is 1. The SMILES string of the molecule is O=C(O)NCCc1cc(-c2cccnc2F)c(Sc2ncc[nH]2)s1. The zero-order valence-corrected chi connectivity index (χ0v) is 14.0. The fraction of sp³-hybridized carbons (Fsp3) is 0.133. The minimum Gasteiger partial charge on any atom is -0.465 e. The summed E-state index contributed by atoms with van der Waals surface area (Å²) in [7, 11) is 0. The quantitative estimate of drug-likeness (QED) is 0.581. The van der Waals surface area contributed by atoms with E-state index >= 15 is 0 Å². The number of amides is 1. The van der Waals surface area contributed by atoms with E-state index in [0.717, 1.165) is 14.6 Å². The van der Waals surface area contributed by atoms with Gasteiger partial charge < -0.3 is 15.4 Å². The van der Waals surface area contributed by atoms with Crippen LogP contribution in [-0.4, -0.2) is 32.7 Å². The highest BCUT2D eigenvalue weighted by Gasteiger charge is 2.17. The van der Waals surface area contributed by atoms with E-state index in [1.807, 2.05) is 6.07 Å². The van der Waals surface area contributed by atoms with Gasteiger partial charge in [-0.2, -0.15) is 4.39 Å². The van der Waals surface area contributed by atoms with Crippen molar-refractivity contribution in [2.24, 2.45) is 0 Å². The lowest BCUT2D eigenvalue weighted by molar-refractivity contribution is 0.194. The maximum absolute atomic E-state index is 14.1. The third-order valence-corrected chi connectivity index (χ3v) is 5.42. The van der Waals surface area contributed by atoms with Crippen LogP contribution in [0.15, 0.2) is 46.2 Å². The Balaban J connectivity index is 1.90. The third kappa shape index (κ3) is 3.92. The molecule has 3 heterocycles. The molecule has 0 aliphatic heterocycles. The molecular formula is C15H13FN4O2S2. The molecular weight excluding hydrogens is 351 g/mol. The number of hydrogen-bond donors (Lipinski definition) is 3. The standard InChI is InChI=1S/C15H13FN4O2S2/c16-12-10(2-1-4-17-12)11-8-9(3-5-20-15(21)22)23-13(11)24-14-18-6-7-19-14/h1-2,4,6-8,20H,3,5H2,(H,18,19)(H,21,22). The van der Waals surface area contributed by atoms with Crippen LogP contribution in [0.3, 0.4) is 0 Å². The zero-order valence-electron chi connectivity index (χ0n) is 12.3. The average Bonchev–Trinajstić information content (AvgIpc) is 3.18. The van der Waals surface area contributed by atoms with E-state index in [4.69, 9.17) is 5.11 Å². The number of rotatable bonds is 6. The van der Waals surface area contributed by atoms with Gasteiger partial charge in [0, 0.05) is 41.1 Å². The van der Waals surface area contributed by atoms with E-state index in [1.165, 1.54) is 29.3 Å². The number of H-pyrrole nitrogens is 1. The van der Waals surface area contributed by atoms with Crippen LogP contribution in [0.4, 0.5) is 9.18 Å². The van der Waals surface area contributed by atoms with Crippen molar-refractivity contribution < 1.29 is 14.3 Å². The number of pyridine rings is 1. The number of carboxylic acid groups (broad SMARTS) is 1. The summed E-state index contributed by atoms with van der Waals surface area (Å²) in [6.07, 6.45) is 4.25. The van der Waals surface area contributed by atoms with Crippen LogP contribution in [0.5, 0.6) is 0 Å². The normalized spacial score (nSPS) is 10.7. The summed E-state index contributed by atoms with van der Waals surface area (Å²) in [6.45, 7) is 0.301. The molecule has 0 spiro atoms. The lowest BCUT2D eigenvalue weighted by Crippen LogP contribution is -2.22. The van der Waals surface area contributed by atoms with E-state index in [9.17, 15) is 9.18 Å². The smallest absolute Gasteiger partial charge is 0.404 e. The Morgan fingerprint density at radius 3 is 2.96 bits per heavy atom. The largest absolute Gasteiger partial charge is 0.465 e. The molecule has 0 saturated carbocycles. The number of carbonyl (C=O) groups is 1. The molecule has 124 valence electrons. The molecule has 0 aromatic carbocycles. The summed E-state index contributed by atoms with van der Waals surface area (Å²) >= 11 is 2.89. The second-order valence-corrected chi connectivity index (χ2v) is 7.13. The first-order valence-electron chi connectivity index (χ1n) is 7.01. The van der Waals surface area contributed by atoms with Gasteiger partial charge in [0.15, 0.2) is 5.16 Å². The molecule has 0 bridgehead atoms. The molecule has 0 unspecified atom stereocenters. The van der Waals surface area contributed by atoms with Gasteiger partial charge in [-0.3, -0.25) is 0 Å². The van der Waals surface area contributed by atoms with E-state index in [0.29, 0.717) is 23.7 Å². The lowest BCUT2D eigenvalue weighted by atomic mass is 10.1. The van der Waals surface area contributed by atoms with Gasteiger partial charge in [-0.15, -0.1) is 11.3 Å². The topological polar surface area (TPSA) is 90.9 Å². The predicted molar refractivity (Wildman–Crippen MR) is 90.0 cm³/mol. The van der Waals surface area contributed by atoms with Crippen molar-refractivity contribution in [3.05, 3.63) is 47.6 Å². The van der Waals surface area contributed by atoms with Gasteiger partial charge >= 0.3 is 6.09 Å². The second-order valence-electron chi connectivity index (χ2n) is 4.73. The van der Waals surface area contributed by atoms with Crippen LogP contribution < -0.4 is 5.32 Å². The number of halogens is 1. The third-order valence-electron chi connectivity index (χ3n) is 3.11. The molecule has 6 nitrogen and oxygen atoms in total. The molecule has 0 aliphatic rings. The van der Waals surface area contributed by atoms with Crippen molar-refractivity contribution in [2.45, 2.75) is 15.8 Å². The molecule has 0 atom stereocenters. The van der Waals surface area contributed by atoms with Crippen molar-refractivity contribution in [1.82, 2.24) is 20.3 Å². The highest BCUT2D eigenvalue weighted by molar-refractivity contribution is 8.01. The number of nitrogens with zero attached hydrogens (tertiary/aromatic N) is 2. The van der Waals surface area contributed by atoms with Crippen molar-refractivity contribution in [3.8, 4) is 11.1 Å². The highest BCUT2D eigenvalue weighted by Crippen LogP contribution is 2.41. The number of nitrogens with one attached hydrogen (secondary N) is 2. The summed E-state index contributed by atoms with van der Waals surface area (Å²) in [6, 6.07) is 5.23. The minimum atomic E-state index is -1.06. The first-order chi connectivity index (χ1) is 11.6. The van der Waals surface area contributed by atoms with Gasteiger partial charge in [0.05, 0.1) is 4.21 Å². The van der Waals surface area contributed by atoms with Crippen LogP contribution in [0.1, 0.15) is 4.88 Å². The number of aromatic amines is 1. The molecule has 0 radical (unpaired) electrons. The molecule has 24 heavy (non-hydrogen) atoms. The van der Waals surface area contributed by atoms with Gasteiger partial charge in [-0.25, -0.2) is 14.8 Å². The Morgan fingerprint density at radius 2 is 2.25 bits per heavy atom. The molecule has 0 saturated heterocycles. The van der Waals surface area contributed by atoms with Gasteiger partial charge in [0.25, 0.3) is 0 Å². The molecule has 3 rings (SSSR count). The Kier molecular flexibility index (Phi) is 5.11. The predicted octanol–water partition coefficient (Wildman–Crippen LogP) is 3.63. The molecule has 0 fully saturated rings. The molecule has 1 amide bonds. The van der Waals surface area contributed by atoms with Gasteiger partial charge in [0.2, 0.25) is 5.95 Å². The van der Waals surface area contributed by atoms with E-state index < -0.39 is 12.0 Å². The first-order valence-corrected chi connectivity index (χ1v) is 8.64. The van der Waals surface area contributed by atoms with Crippen molar-refractivity contribution in [1.29, 1.82) is 0 Å². The summed E-state index contributed by atoms with van der Waals surface area (Å²) in [5.74, 6) is -0.535. The summed E-state index contributed by atoms with van der Waals surface area (Å²) in [5, 5.41) is 11.7. The zero-order chi connectivity index (χ0) is 16.9. The van der Waals surface area contributed by atoms with Crippen LogP contribution in [0.25, 0.3) is 11.1 Å². The van der Waals surface area contributed by atoms with Crippen molar-refractivity contribution in [2.75, 3.05) is 6.54 Å². The van der Waals surface area contributed by atoms with Crippen molar-refractivity contribution >= 4 is 29.2 Å². The first kappa shape index (κ1) is 16.5. The van der Waals surface area contributed by atoms with E-state index in [2.05, 4.69) is 20.3 Å². The number of aromatic nitrogens is 3. The summed E-state index contributed by atoms with van der Waals surface area (Å²) < 4.78 is 14.9. The number of hydrogen-bond acceptors (Lipinski definition) is 5.